The van der Waals surface area contributed by atoms with Crippen molar-refractivity contribution in [2.45, 2.75) is 0 Å². The van der Waals surface area contributed by atoms with E-state index in [-0.39, 0.29) is 17.2 Å². The molecule has 0 saturated carbocycles. The predicted molar refractivity (Wildman–Crippen MR) is 114 cm³/mol. The van der Waals surface area contributed by atoms with Crippen molar-refractivity contribution in [1.82, 2.24) is 15.0 Å². The van der Waals surface area contributed by atoms with E-state index in [1.54, 1.807) is 30.3 Å². The van der Waals surface area contributed by atoms with Gasteiger partial charge in [0.1, 0.15) is 11.5 Å². The first-order chi connectivity index (χ1) is 14.6. The third kappa shape index (κ3) is 4.56. The van der Waals surface area contributed by atoms with Crippen LogP contribution < -0.4 is 20.1 Å². The van der Waals surface area contributed by atoms with Gasteiger partial charge in [-0.15, -0.1) is 0 Å². The lowest BCUT2D eigenvalue weighted by Gasteiger charge is -2.11. The number of hydrogen-bond donors (Lipinski definition) is 2. The Kier molecular flexibility index (Phi) is 5.58. The van der Waals surface area contributed by atoms with E-state index in [0.29, 0.717) is 17.2 Å². The highest BCUT2D eigenvalue weighted by Crippen LogP contribution is 2.25. The molecule has 0 spiro atoms. The van der Waals surface area contributed by atoms with Gasteiger partial charge in [0.25, 0.3) is 0 Å². The lowest BCUT2D eigenvalue weighted by Crippen LogP contribution is -2.21. The van der Waals surface area contributed by atoms with E-state index in [0.717, 1.165) is 10.8 Å². The minimum Gasteiger partial charge on any atom is -0.495 e. The van der Waals surface area contributed by atoms with Gasteiger partial charge >= 0.3 is 12.0 Å². The Bertz CT molecular complexity index is 1220. The fourth-order valence-corrected chi connectivity index (χ4v) is 2.93. The molecule has 0 fully saturated rings. The molecular weight excluding hydrogens is 406 g/mol. The lowest BCUT2D eigenvalue weighted by molar-refractivity contribution is 0.262. The fourth-order valence-electron chi connectivity index (χ4n) is 2.77. The van der Waals surface area contributed by atoms with Gasteiger partial charge in [-0.1, -0.05) is 42.5 Å². The molecule has 9 heteroatoms. The third-order valence-corrected chi connectivity index (χ3v) is 4.27. The largest absolute Gasteiger partial charge is 0.495 e. The van der Waals surface area contributed by atoms with E-state index < -0.39 is 6.03 Å². The normalized spacial score (nSPS) is 10.5. The lowest BCUT2D eigenvalue weighted by atomic mass is 10.1. The average molecular weight is 422 g/mol. The molecule has 4 aromatic rings. The Balaban J connectivity index is 1.50. The molecule has 2 N–H and O–H groups in total. The van der Waals surface area contributed by atoms with Crippen molar-refractivity contribution in [2.24, 2.45) is 0 Å². The van der Waals surface area contributed by atoms with E-state index in [2.05, 4.69) is 25.6 Å². The molecule has 4 rings (SSSR count). The number of hydrogen-bond acceptors (Lipinski definition) is 6. The topological polar surface area (TPSA) is 98.3 Å². The van der Waals surface area contributed by atoms with Crippen LogP contribution in [0, 0.1) is 0 Å². The van der Waals surface area contributed by atoms with Crippen LogP contribution in [-0.4, -0.2) is 28.1 Å². The summed E-state index contributed by atoms with van der Waals surface area (Å²) in [4.78, 5) is 24.3. The Labute approximate surface area is 176 Å². The number of amides is 2. The molecule has 0 atom stereocenters. The Morgan fingerprint density at radius 3 is 2.50 bits per heavy atom. The van der Waals surface area contributed by atoms with Gasteiger partial charge < -0.3 is 14.8 Å². The first-order valence-electron chi connectivity index (χ1n) is 8.90. The van der Waals surface area contributed by atoms with E-state index in [1.165, 1.54) is 7.11 Å². The molecule has 0 aliphatic rings. The van der Waals surface area contributed by atoms with Crippen molar-refractivity contribution in [3.63, 3.8) is 0 Å². The van der Waals surface area contributed by atoms with Gasteiger partial charge in [0.05, 0.1) is 12.8 Å². The second-order valence-corrected chi connectivity index (χ2v) is 6.44. The minimum atomic E-state index is -0.571. The maximum atomic E-state index is 12.3. The zero-order chi connectivity index (χ0) is 20.9. The first-order valence-corrected chi connectivity index (χ1v) is 9.28. The number of urea groups is 1. The van der Waals surface area contributed by atoms with Crippen molar-refractivity contribution in [2.75, 3.05) is 17.7 Å². The summed E-state index contributed by atoms with van der Waals surface area (Å²) in [6, 6.07) is 19.8. The molecule has 0 bridgehead atoms. The van der Waals surface area contributed by atoms with Crippen molar-refractivity contribution >= 4 is 40.0 Å². The van der Waals surface area contributed by atoms with Gasteiger partial charge in [-0.05, 0) is 46.6 Å². The molecule has 0 saturated heterocycles. The predicted octanol–water partition coefficient (Wildman–Crippen LogP) is 5.12. The van der Waals surface area contributed by atoms with Gasteiger partial charge in [-0.2, -0.15) is 15.0 Å². The molecule has 0 unspecified atom stereocenters. The van der Waals surface area contributed by atoms with Crippen molar-refractivity contribution < 1.29 is 14.3 Å². The van der Waals surface area contributed by atoms with E-state index in [9.17, 15) is 4.79 Å². The van der Waals surface area contributed by atoms with Crippen LogP contribution in [0.4, 0.5) is 16.4 Å². The third-order valence-electron chi connectivity index (χ3n) is 4.10. The molecule has 1 heterocycles. The van der Waals surface area contributed by atoms with Crippen molar-refractivity contribution in [3.05, 3.63) is 72.0 Å². The van der Waals surface area contributed by atoms with Crippen LogP contribution in [-0.2, 0) is 0 Å². The molecule has 0 radical (unpaired) electrons. The summed E-state index contributed by atoms with van der Waals surface area (Å²) >= 11 is 5.97. The van der Waals surface area contributed by atoms with Crippen molar-refractivity contribution in [3.8, 4) is 17.5 Å². The fraction of sp³-hybridized carbons (Fsp3) is 0.0476. The van der Waals surface area contributed by atoms with E-state index in [1.807, 2.05) is 36.4 Å². The average Bonchev–Trinajstić information content (AvgIpc) is 2.73. The summed E-state index contributed by atoms with van der Waals surface area (Å²) in [6.07, 6.45) is 0. The van der Waals surface area contributed by atoms with Gasteiger partial charge in [0.2, 0.25) is 11.2 Å². The van der Waals surface area contributed by atoms with Crippen LogP contribution in [0.25, 0.3) is 10.8 Å². The highest BCUT2D eigenvalue weighted by molar-refractivity contribution is 6.28. The monoisotopic (exact) mass is 421 g/mol. The molecule has 0 aliphatic heterocycles. The number of aromatic nitrogens is 3. The highest BCUT2D eigenvalue weighted by atomic mass is 35.5. The number of halogens is 1. The zero-order valence-corrected chi connectivity index (χ0v) is 16.6. The standard InChI is InChI=1S/C21H16ClN5O3/c1-29-17-9-5-4-8-16(17)23-20(28)26-19-24-18(22)25-21(27-19)30-15-11-10-13-6-2-3-7-14(13)12-15/h2-12H,1H3,(H2,23,24,25,26,27,28). The number of para-hydroxylation sites is 2. The number of benzene rings is 3. The van der Waals surface area contributed by atoms with Crippen LogP contribution in [0.3, 0.4) is 0 Å². The Morgan fingerprint density at radius 2 is 1.67 bits per heavy atom. The summed E-state index contributed by atoms with van der Waals surface area (Å²) in [5, 5.41) is 7.13. The first kappa shape index (κ1) is 19.4. The molecule has 1 aromatic heterocycles. The van der Waals surface area contributed by atoms with Crippen LogP contribution in [0.2, 0.25) is 5.28 Å². The Hall–Kier alpha value is -3.91. The van der Waals surface area contributed by atoms with E-state index >= 15 is 0 Å². The number of nitrogens with zero attached hydrogens (tertiary/aromatic N) is 3. The summed E-state index contributed by atoms with van der Waals surface area (Å²) in [6.45, 7) is 0. The number of carbonyl (C=O) groups excluding carboxylic acids is 1. The number of methoxy groups -OCH3 is 1. The number of rotatable bonds is 5. The highest BCUT2D eigenvalue weighted by Gasteiger charge is 2.12. The summed E-state index contributed by atoms with van der Waals surface area (Å²) in [5.74, 6) is 0.986. The summed E-state index contributed by atoms with van der Waals surface area (Å²) in [5.41, 5.74) is 0.491. The minimum absolute atomic E-state index is 0.0436. The van der Waals surface area contributed by atoms with Crippen LogP contribution in [0.1, 0.15) is 0 Å². The number of fused-ring (bicyclic) bond motifs is 1. The van der Waals surface area contributed by atoms with Gasteiger partial charge in [-0.3, -0.25) is 5.32 Å². The molecule has 30 heavy (non-hydrogen) atoms. The van der Waals surface area contributed by atoms with Crippen LogP contribution in [0.15, 0.2) is 66.7 Å². The van der Waals surface area contributed by atoms with Crippen LogP contribution >= 0.6 is 11.6 Å². The number of ether oxygens (including phenoxy) is 2. The maximum absolute atomic E-state index is 12.3. The summed E-state index contributed by atoms with van der Waals surface area (Å²) < 4.78 is 10.9. The SMILES string of the molecule is COc1ccccc1NC(=O)Nc1nc(Cl)nc(Oc2ccc3ccccc3c2)n1. The maximum Gasteiger partial charge on any atom is 0.328 e. The number of anilines is 2. The smallest absolute Gasteiger partial charge is 0.328 e. The van der Waals surface area contributed by atoms with Gasteiger partial charge in [-0.25, -0.2) is 4.79 Å². The number of carbonyl (C=O) groups is 1. The van der Waals surface area contributed by atoms with Crippen molar-refractivity contribution in [1.29, 1.82) is 0 Å². The molecule has 2 amide bonds. The zero-order valence-electron chi connectivity index (χ0n) is 15.8. The molecule has 8 nitrogen and oxygen atoms in total. The second kappa shape index (κ2) is 8.62. The molecular formula is C21H16ClN5O3. The summed E-state index contributed by atoms with van der Waals surface area (Å²) in [7, 11) is 1.51. The molecule has 3 aromatic carbocycles. The van der Waals surface area contributed by atoms with Gasteiger partial charge in [0, 0.05) is 0 Å². The quantitative estimate of drug-likeness (QED) is 0.464. The number of nitrogens with one attached hydrogen (secondary N) is 2. The van der Waals surface area contributed by atoms with Crippen LogP contribution in [0.5, 0.6) is 17.5 Å². The molecule has 150 valence electrons. The molecule has 0 aliphatic carbocycles. The van der Waals surface area contributed by atoms with E-state index in [4.69, 9.17) is 21.1 Å². The Morgan fingerprint density at radius 1 is 0.900 bits per heavy atom. The van der Waals surface area contributed by atoms with Gasteiger partial charge in [0.15, 0.2) is 0 Å². The second-order valence-electron chi connectivity index (χ2n) is 6.10.